The Labute approximate surface area is 107 Å². The molecular formula is C16H30O. The van der Waals surface area contributed by atoms with Crippen LogP contribution in [0.15, 0.2) is 0 Å². The number of carbonyl (C=O) groups excluding carboxylic acids is 1. The van der Waals surface area contributed by atoms with E-state index in [0.717, 1.165) is 31.1 Å². The molecule has 0 aromatic carbocycles. The first-order valence-electron chi connectivity index (χ1n) is 7.34. The van der Waals surface area contributed by atoms with E-state index in [2.05, 4.69) is 34.6 Å². The van der Waals surface area contributed by atoms with E-state index in [1.807, 2.05) is 0 Å². The van der Waals surface area contributed by atoms with E-state index in [1.165, 1.54) is 19.3 Å². The fourth-order valence-corrected chi connectivity index (χ4v) is 3.59. The van der Waals surface area contributed by atoms with Crippen LogP contribution in [-0.2, 0) is 4.79 Å². The summed E-state index contributed by atoms with van der Waals surface area (Å²) in [6.07, 6.45) is 6.73. The number of ketones is 1. The van der Waals surface area contributed by atoms with Crippen LogP contribution >= 0.6 is 0 Å². The van der Waals surface area contributed by atoms with E-state index in [9.17, 15) is 4.79 Å². The van der Waals surface area contributed by atoms with Gasteiger partial charge in [0.15, 0.2) is 0 Å². The Hall–Kier alpha value is -0.330. The highest BCUT2D eigenvalue weighted by Gasteiger charge is 2.36. The first kappa shape index (κ1) is 14.7. The molecule has 1 heteroatoms. The van der Waals surface area contributed by atoms with E-state index >= 15 is 0 Å². The van der Waals surface area contributed by atoms with Crippen LogP contribution in [0.4, 0.5) is 0 Å². The molecule has 17 heavy (non-hydrogen) atoms. The van der Waals surface area contributed by atoms with Gasteiger partial charge in [-0.05, 0) is 36.0 Å². The van der Waals surface area contributed by atoms with Crippen molar-refractivity contribution in [3.63, 3.8) is 0 Å². The van der Waals surface area contributed by atoms with Crippen molar-refractivity contribution in [1.82, 2.24) is 0 Å². The molecule has 0 saturated heterocycles. The van der Waals surface area contributed by atoms with Gasteiger partial charge in [0, 0.05) is 12.8 Å². The molecule has 0 amide bonds. The molecule has 1 fully saturated rings. The summed E-state index contributed by atoms with van der Waals surface area (Å²) in [7, 11) is 0. The van der Waals surface area contributed by atoms with Gasteiger partial charge in [-0.3, -0.25) is 4.79 Å². The fraction of sp³-hybridized carbons (Fsp3) is 0.938. The van der Waals surface area contributed by atoms with Crippen LogP contribution < -0.4 is 0 Å². The molecule has 0 radical (unpaired) electrons. The van der Waals surface area contributed by atoms with Crippen LogP contribution in [0, 0.1) is 23.2 Å². The largest absolute Gasteiger partial charge is 0.300 e. The lowest BCUT2D eigenvalue weighted by atomic mass is 9.62. The van der Waals surface area contributed by atoms with Crippen molar-refractivity contribution < 1.29 is 4.79 Å². The number of Topliss-reactive ketones (excluding diaryl/α,β-unsaturated/α-hetero) is 1. The van der Waals surface area contributed by atoms with Crippen molar-refractivity contribution in [2.24, 2.45) is 23.2 Å². The minimum absolute atomic E-state index is 0.440. The molecule has 2 unspecified atom stereocenters. The molecule has 0 aromatic rings. The van der Waals surface area contributed by atoms with E-state index < -0.39 is 0 Å². The molecule has 0 aliphatic heterocycles. The standard InChI is InChI=1S/C16H30O/c1-12(2)11-14(17)8-9-15-13(3)7-6-10-16(15,4)5/h12-13,15H,6-11H2,1-5H3. The smallest absolute Gasteiger partial charge is 0.133 e. The molecule has 2 atom stereocenters. The number of hydrogen-bond donors (Lipinski definition) is 0. The Morgan fingerprint density at radius 2 is 2.00 bits per heavy atom. The zero-order valence-corrected chi connectivity index (χ0v) is 12.4. The van der Waals surface area contributed by atoms with Gasteiger partial charge in [-0.2, -0.15) is 0 Å². The van der Waals surface area contributed by atoms with Gasteiger partial charge in [-0.15, -0.1) is 0 Å². The summed E-state index contributed by atoms with van der Waals surface area (Å²) in [6, 6.07) is 0. The summed E-state index contributed by atoms with van der Waals surface area (Å²) in [4.78, 5) is 11.8. The first-order chi connectivity index (χ1) is 7.83. The summed E-state index contributed by atoms with van der Waals surface area (Å²) < 4.78 is 0. The Morgan fingerprint density at radius 3 is 2.53 bits per heavy atom. The normalized spacial score (nSPS) is 28.4. The van der Waals surface area contributed by atoms with Crippen molar-refractivity contribution >= 4 is 5.78 Å². The summed E-state index contributed by atoms with van der Waals surface area (Å²) in [6.45, 7) is 11.4. The molecule has 0 spiro atoms. The molecule has 0 bridgehead atoms. The first-order valence-corrected chi connectivity index (χ1v) is 7.34. The third-order valence-electron chi connectivity index (χ3n) is 4.54. The third-order valence-corrected chi connectivity index (χ3v) is 4.54. The summed E-state index contributed by atoms with van der Waals surface area (Å²) >= 11 is 0. The van der Waals surface area contributed by atoms with Gasteiger partial charge in [-0.25, -0.2) is 0 Å². The van der Waals surface area contributed by atoms with Gasteiger partial charge in [0.1, 0.15) is 5.78 Å². The molecule has 0 heterocycles. The van der Waals surface area contributed by atoms with E-state index in [-0.39, 0.29) is 0 Å². The Balaban J connectivity index is 2.45. The third kappa shape index (κ3) is 4.44. The minimum atomic E-state index is 0.440. The second-order valence-corrected chi connectivity index (χ2v) is 7.14. The number of rotatable bonds is 5. The molecular weight excluding hydrogens is 208 g/mol. The van der Waals surface area contributed by atoms with Crippen LogP contribution in [0.1, 0.15) is 73.1 Å². The molecule has 100 valence electrons. The quantitative estimate of drug-likeness (QED) is 0.669. The maximum Gasteiger partial charge on any atom is 0.133 e. The second-order valence-electron chi connectivity index (χ2n) is 7.14. The molecule has 1 aliphatic carbocycles. The lowest BCUT2D eigenvalue weighted by molar-refractivity contribution is -0.120. The molecule has 1 rings (SSSR count). The topological polar surface area (TPSA) is 17.1 Å². The average Bonchev–Trinajstić information content (AvgIpc) is 2.14. The summed E-state index contributed by atoms with van der Waals surface area (Å²) in [5, 5.41) is 0. The zero-order valence-electron chi connectivity index (χ0n) is 12.4. The maximum absolute atomic E-state index is 11.8. The number of hydrogen-bond acceptors (Lipinski definition) is 1. The summed E-state index contributed by atoms with van der Waals surface area (Å²) in [5.41, 5.74) is 0.440. The SMILES string of the molecule is CC(C)CC(=O)CCC1C(C)CCCC1(C)C. The fourth-order valence-electron chi connectivity index (χ4n) is 3.59. The van der Waals surface area contributed by atoms with Gasteiger partial charge in [0.25, 0.3) is 0 Å². The van der Waals surface area contributed by atoms with E-state index in [1.54, 1.807) is 0 Å². The maximum atomic E-state index is 11.8. The van der Waals surface area contributed by atoms with Crippen LogP contribution in [0.2, 0.25) is 0 Å². The van der Waals surface area contributed by atoms with Crippen molar-refractivity contribution in [3.8, 4) is 0 Å². The molecule has 1 saturated carbocycles. The van der Waals surface area contributed by atoms with Gasteiger partial charge in [0.2, 0.25) is 0 Å². The predicted molar refractivity (Wildman–Crippen MR) is 74.0 cm³/mol. The second kappa shape index (κ2) is 6.02. The molecule has 0 aromatic heterocycles. The van der Waals surface area contributed by atoms with Crippen molar-refractivity contribution in [1.29, 1.82) is 0 Å². The summed E-state index contributed by atoms with van der Waals surface area (Å²) in [5.74, 6) is 2.52. The van der Waals surface area contributed by atoms with Crippen molar-refractivity contribution in [3.05, 3.63) is 0 Å². The van der Waals surface area contributed by atoms with Crippen LogP contribution in [-0.4, -0.2) is 5.78 Å². The van der Waals surface area contributed by atoms with E-state index in [4.69, 9.17) is 0 Å². The molecule has 1 aliphatic rings. The lowest BCUT2D eigenvalue weighted by Crippen LogP contribution is -2.34. The van der Waals surface area contributed by atoms with Gasteiger partial charge >= 0.3 is 0 Å². The zero-order chi connectivity index (χ0) is 13.1. The highest BCUT2D eigenvalue weighted by atomic mass is 16.1. The molecule has 0 N–H and O–H groups in total. The Bertz CT molecular complexity index is 252. The Kier molecular flexibility index (Phi) is 5.22. The van der Waals surface area contributed by atoms with Crippen molar-refractivity contribution in [2.45, 2.75) is 73.1 Å². The van der Waals surface area contributed by atoms with Crippen LogP contribution in [0.25, 0.3) is 0 Å². The predicted octanol–water partition coefficient (Wildman–Crippen LogP) is 4.84. The number of carbonyl (C=O) groups is 1. The average molecular weight is 238 g/mol. The Morgan fingerprint density at radius 1 is 1.35 bits per heavy atom. The van der Waals surface area contributed by atoms with Gasteiger partial charge in [-0.1, -0.05) is 47.5 Å². The molecule has 1 nitrogen and oxygen atoms in total. The van der Waals surface area contributed by atoms with Crippen LogP contribution in [0.3, 0.4) is 0 Å². The lowest BCUT2D eigenvalue weighted by Gasteiger charge is -2.43. The monoisotopic (exact) mass is 238 g/mol. The van der Waals surface area contributed by atoms with Crippen molar-refractivity contribution in [2.75, 3.05) is 0 Å². The van der Waals surface area contributed by atoms with Crippen LogP contribution in [0.5, 0.6) is 0 Å². The minimum Gasteiger partial charge on any atom is -0.300 e. The highest BCUT2D eigenvalue weighted by Crippen LogP contribution is 2.46. The van der Waals surface area contributed by atoms with E-state index in [0.29, 0.717) is 17.1 Å². The van der Waals surface area contributed by atoms with Gasteiger partial charge in [0.05, 0.1) is 0 Å². The highest BCUT2D eigenvalue weighted by molar-refractivity contribution is 5.78. The van der Waals surface area contributed by atoms with Gasteiger partial charge < -0.3 is 0 Å².